The van der Waals surface area contributed by atoms with Crippen LogP contribution >= 0.6 is 15.9 Å². The molecule has 3 rings (SSSR count). The van der Waals surface area contributed by atoms with Gasteiger partial charge in [-0.2, -0.15) is 0 Å². The standard InChI is InChI=1S/C20H23BrFNO6/c1-3-26-19(24)18-16(14-10-12(21)11-15(22)17(14)29-18)23(20(25)27-4-2)8-7-13-6-5-9-28-13/h10-11,13H,3-9H2,1-2H3. The number of fused-ring (bicyclic) bond motifs is 1. The predicted octanol–water partition coefficient (Wildman–Crippen LogP) is 5.04. The molecule has 0 bridgehead atoms. The van der Waals surface area contributed by atoms with E-state index in [0.29, 0.717) is 17.5 Å². The number of benzene rings is 1. The van der Waals surface area contributed by atoms with E-state index < -0.39 is 17.9 Å². The van der Waals surface area contributed by atoms with Crippen LogP contribution in [-0.4, -0.2) is 44.5 Å². The molecule has 7 nitrogen and oxygen atoms in total. The quantitative estimate of drug-likeness (QED) is 0.526. The summed E-state index contributed by atoms with van der Waals surface area (Å²) in [4.78, 5) is 26.6. The van der Waals surface area contributed by atoms with Crippen molar-refractivity contribution in [2.75, 3.05) is 31.3 Å². The number of anilines is 1. The van der Waals surface area contributed by atoms with Crippen LogP contribution in [0.25, 0.3) is 11.0 Å². The van der Waals surface area contributed by atoms with Crippen molar-refractivity contribution in [2.24, 2.45) is 0 Å². The van der Waals surface area contributed by atoms with Crippen molar-refractivity contribution >= 4 is 44.6 Å². The molecule has 9 heteroatoms. The molecule has 1 atom stereocenters. The topological polar surface area (TPSA) is 78.2 Å². The monoisotopic (exact) mass is 471 g/mol. The Bertz CT molecular complexity index is 893. The lowest BCUT2D eigenvalue weighted by molar-refractivity contribution is 0.0493. The average Bonchev–Trinajstić information content (AvgIpc) is 3.31. The zero-order chi connectivity index (χ0) is 21.0. The fourth-order valence-corrected chi connectivity index (χ4v) is 3.79. The largest absolute Gasteiger partial charge is 0.460 e. The minimum atomic E-state index is -0.777. The minimum absolute atomic E-state index is 0.0135. The first-order valence-corrected chi connectivity index (χ1v) is 10.4. The first-order chi connectivity index (χ1) is 14.0. The van der Waals surface area contributed by atoms with Crippen LogP contribution in [0.2, 0.25) is 0 Å². The van der Waals surface area contributed by atoms with E-state index in [1.54, 1.807) is 19.9 Å². The van der Waals surface area contributed by atoms with Gasteiger partial charge < -0.3 is 18.6 Å². The molecule has 2 aromatic rings. The van der Waals surface area contributed by atoms with Gasteiger partial charge in [-0.25, -0.2) is 14.0 Å². The Kier molecular flexibility index (Phi) is 7.13. The highest BCUT2D eigenvalue weighted by molar-refractivity contribution is 9.10. The van der Waals surface area contributed by atoms with Gasteiger partial charge in [0, 0.05) is 23.0 Å². The van der Waals surface area contributed by atoms with Gasteiger partial charge in [-0.05, 0) is 45.2 Å². The summed E-state index contributed by atoms with van der Waals surface area (Å²) in [6.45, 7) is 4.50. The Morgan fingerprint density at radius 2 is 2.03 bits per heavy atom. The summed E-state index contributed by atoms with van der Waals surface area (Å²) in [6.07, 6.45) is 1.77. The number of hydrogen-bond donors (Lipinski definition) is 0. The number of esters is 1. The minimum Gasteiger partial charge on any atom is -0.460 e. The number of ether oxygens (including phenoxy) is 3. The van der Waals surface area contributed by atoms with Crippen LogP contribution in [0.1, 0.15) is 43.7 Å². The average molecular weight is 472 g/mol. The van der Waals surface area contributed by atoms with Crippen LogP contribution in [0.15, 0.2) is 21.0 Å². The first-order valence-electron chi connectivity index (χ1n) is 9.60. The zero-order valence-electron chi connectivity index (χ0n) is 16.3. The summed E-state index contributed by atoms with van der Waals surface area (Å²) in [7, 11) is 0. The lowest BCUT2D eigenvalue weighted by Crippen LogP contribution is -2.35. The molecule has 1 saturated heterocycles. The van der Waals surface area contributed by atoms with Gasteiger partial charge in [-0.15, -0.1) is 0 Å². The second kappa shape index (κ2) is 9.58. The van der Waals surface area contributed by atoms with E-state index in [4.69, 9.17) is 18.6 Å². The SMILES string of the molecule is CCOC(=O)c1oc2c(F)cc(Br)cc2c1N(CCC1CCCO1)C(=O)OCC. The maximum absolute atomic E-state index is 14.5. The second-order valence-electron chi connectivity index (χ2n) is 6.54. The number of carbonyl (C=O) groups is 2. The molecule has 1 aromatic carbocycles. The molecule has 1 unspecified atom stereocenters. The molecule has 1 aliphatic heterocycles. The Morgan fingerprint density at radius 3 is 2.69 bits per heavy atom. The van der Waals surface area contributed by atoms with Crippen molar-refractivity contribution in [3.63, 3.8) is 0 Å². The predicted molar refractivity (Wildman–Crippen MR) is 108 cm³/mol. The number of nitrogens with zero attached hydrogens (tertiary/aromatic N) is 1. The molecule has 1 fully saturated rings. The van der Waals surface area contributed by atoms with Gasteiger partial charge in [0.2, 0.25) is 5.76 Å². The van der Waals surface area contributed by atoms with Crippen molar-refractivity contribution in [1.29, 1.82) is 0 Å². The van der Waals surface area contributed by atoms with Crippen LogP contribution in [0.5, 0.6) is 0 Å². The molecule has 0 spiro atoms. The van der Waals surface area contributed by atoms with Crippen molar-refractivity contribution in [1.82, 2.24) is 0 Å². The summed E-state index contributed by atoms with van der Waals surface area (Å²) < 4.78 is 36.4. The van der Waals surface area contributed by atoms with Crippen LogP contribution in [-0.2, 0) is 14.2 Å². The number of halogens is 2. The van der Waals surface area contributed by atoms with E-state index in [0.717, 1.165) is 12.8 Å². The van der Waals surface area contributed by atoms with Crippen LogP contribution < -0.4 is 4.90 Å². The number of rotatable bonds is 7. The molecule has 29 heavy (non-hydrogen) atoms. The van der Waals surface area contributed by atoms with Gasteiger partial charge in [-0.3, -0.25) is 4.90 Å². The summed E-state index contributed by atoms with van der Waals surface area (Å²) in [5, 5.41) is 0.278. The van der Waals surface area contributed by atoms with Crippen molar-refractivity contribution in [3.05, 3.63) is 28.2 Å². The Morgan fingerprint density at radius 1 is 1.28 bits per heavy atom. The van der Waals surface area contributed by atoms with Gasteiger partial charge in [-0.1, -0.05) is 15.9 Å². The van der Waals surface area contributed by atoms with Crippen LogP contribution in [0, 0.1) is 5.82 Å². The lowest BCUT2D eigenvalue weighted by Gasteiger charge is -2.23. The fraction of sp³-hybridized carbons (Fsp3) is 0.500. The highest BCUT2D eigenvalue weighted by Crippen LogP contribution is 2.38. The summed E-state index contributed by atoms with van der Waals surface area (Å²) >= 11 is 3.25. The van der Waals surface area contributed by atoms with Gasteiger partial charge in [0.25, 0.3) is 0 Å². The zero-order valence-corrected chi connectivity index (χ0v) is 17.9. The number of carbonyl (C=O) groups excluding carboxylic acids is 2. The fourth-order valence-electron chi connectivity index (χ4n) is 3.36. The van der Waals surface area contributed by atoms with E-state index in [9.17, 15) is 14.0 Å². The molecule has 0 radical (unpaired) electrons. The van der Waals surface area contributed by atoms with Crippen LogP contribution in [0.4, 0.5) is 14.9 Å². The van der Waals surface area contributed by atoms with E-state index in [1.807, 2.05) is 0 Å². The van der Waals surface area contributed by atoms with Gasteiger partial charge in [0.15, 0.2) is 11.4 Å². The lowest BCUT2D eigenvalue weighted by atomic mass is 10.1. The molecule has 0 saturated carbocycles. The molecule has 1 aliphatic rings. The maximum Gasteiger partial charge on any atom is 0.414 e. The Hall–Kier alpha value is -2.13. The summed E-state index contributed by atoms with van der Waals surface area (Å²) in [5.74, 6) is -1.67. The third kappa shape index (κ3) is 4.72. The van der Waals surface area contributed by atoms with Gasteiger partial charge in [0.1, 0.15) is 5.69 Å². The summed E-state index contributed by atoms with van der Waals surface area (Å²) in [6, 6.07) is 2.82. The highest BCUT2D eigenvalue weighted by Gasteiger charge is 2.32. The van der Waals surface area contributed by atoms with Crippen molar-refractivity contribution < 1.29 is 32.6 Å². The molecule has 1 aromatic heterocycles. The van der Waals surface area contributed by atoms with Crippen molar-refractivity contribution in [2.45, 2.75) is 39.2 Å². The van der Waals surface area contributed by atoms with Crippen LogP contribution in [0.3, 0.4) is 0 Å². The molecule has 1 amide bonds. The Balaban J connectivity index is 2.09. The van der Waals surface area contributed by atoms with E-state index >= 15 is 0 Å². The number of amides is 1. The van der Waals surface area contributed by atoms with E-state index in [1.165, 1.54) is 11.0 Å². The Labute approximate surface area is 176 Å². The normalized spacial score (nSPS) is 16.2. The maximum atomic E-state index is 14.5. The number of hydrogen-bond acceptors (Lipinski definition) is 6. The van der Waals surface area contributed by atoms with E-state index in [2.05, 4.69) is 15.9 Å². The number of furan rings is 1. The molecule has 158 valence electrons. The smallest absolute Gasteiger partial charge is 0.414 e. The highest BCUT2D eigenvalue weighted by atomic mass is 79.9. The van der Waals surface area contributed by atoms with Gasteiger partial charge in [0.05, 0.1) is 19.3 Å². The molecule has 2 heterocycles. The molecule has 0 aliphatic carbocycles. The van der Waals surface area contributed by atoms with Crippen molar-refractivity contribution in [3.8, 4) is 0 Å². The molecule has 0 N–H and O–H groups in total. The third-order valence-electron chi connectivity index (χ3n) is 4.60. The summed E-state index contributed by atoms with van der Waals surface area (Å²) in [5.41, 5.74) is 0.00719. The molecular formula is C20H23BrFNO6. The third-order valence-corrected chi connectivity index (χ3v) is 5.06. The first kappa shape index (κ1) is 21.6. The van der Waals surface area contributed by atoms with E-state index in [-0.39, 0.29) is 48.3 Å². The second-order valence-corrected chi connectivity index (χ2v) is 7.45. The van der Waals surface area contributed by atoms with Gasteiger partial charge >= 0.3 is 12.1 Å². The molecular weight excluding hydrogens is 449 g/mol.